The third kappa shape index (κ3) is 1.83. The Balaban J connectivity index is 2.65. The zero-order chi connectivity index (χ0) is 11.1. The number of fused-ring (bicyclic) bond motifs is 1. The van der Waals surface area contributed by atoms with Gasteiger partial charge in [0.1, 0.15) is 0 Å². The molecule has 4 nitrogen and oxygen atoms in total. The maximum atomic E-state index is 11.5. The van der Waals surface area contributed by atoms with Crippen molar-refractivity contribution in [2.45, 2.75) is 11.3 Å². The Kier molecular flexibility index (Phi) is 2.19. The largest absolute Gasteiger partial charge is 0.294 e. The zero-order valence-electron chi connectivity index (χ0n) is 8.10. The minimum atomic E-state index is -3.26. The fourth-order valence-electron chi connectivity index (χ4n) is 1.42. The monoisotopic (exact) mass is 223 g/mol. The number of hydrogen-bond donors (Lipinski definition) is 0. The summed E-state index contributed by atoms with van der Waals surface area (Å²) in [4.78, 5) is 15.7. The quantitative estimate of drug-likeness (QED) is 0.722. The number of rotatable bonds is 1. The summed E-state index contributed by atoms with van der Waals surface area (Å²) in [5.74, 6) is -0.0921. The van der Waals surface area contributed by atoms with Crippen molar-refractivity contribution < 1.29 is 13.2 Å². The highest BCUT2D eigenvalue weighted by Gasteiger charge is 2.17. The van der Waals surface area contributed by atoms with Crippen molar-refractivity contribution in [2.75, 3.05) is 6.26 Å². The van der Waals surface area contributed by atoms with Crippen LogP contribution in [-0.4, -0.2) is 26.7 Å². The first-order valence-electron chi connectivity index (χ1n) is 4.38. The van der Waals surface area contributed by atoms with Crippen molar-refractivity contribution in [3.8, 4) is 0 Å². The van der Waals surface area contributed by atoms with Crippen LogP contribution in [0.15, 0.2) is 28.1 Å². The van der Waals surface area contributed by atoms with Crippen molar-refractivity contribution in [3.63, 3.8) is 0 Å². The van der Waals surface area contributed by atoms with Crippen LogP contribution in [0, 0.1) is 0 Å². The number of benzene rings is 1. The number of sulfone groups is 1. The summed E-state index contributed by atoms with van der Waals surface area (Å²) in [6.07, 6.45) is 2.89. The molecule has 0 fully saturated rings. The first kappa shape index (κ1) is 10.0. The van der Waals surface area contributed by atoms with E-state index >= 15 is 0 Å². The molecule has 0 unspecified atom stereocenters. The number of Topliss-reactive ketones (excluding diaryl/α,β-unsaturated/α-hetero) is 1. The summed E-state index contributed by atoms with van der Waals surface area (Å²) in [6.45, 7) is 0. The lowest BCUT2D eigenvalue weighted by Gasteiger charge is -2.09. The summed E-state index contributed by atoms with van der Waals surface area (Å²) >= 11 is 0. The van der Waals surface area contributed by atoms with Crippen LogP contribution in [0.3, 0.4) is 0 Å². The van der Waals surface area contributed by atoms with Crippen LogP contribution in [-0.2, 0) is 9.84 Å². The lowest BCUT2D eigenvalue weighted by atomic mass is 10.0. The molecule has 15 heavy (non-hydrogen) atoms. The fourth-order valence-corrected chi connectivity index (χ4v) is 2.07. The molecule has 0 aromatic heterocycles. The summed E-state index contributed by atoms with van der Waals surface area (Å²) < 4.78 is 22.6. The minimum absolute atomic E-state index is 0.0921. The summed E-state index contributed by atoms with van der Waals surface area (Å²) in [7, 11) is -3.26. The van der Waals surface area contributed by atoms with E-state index in [1.165, 1.54) is 18.3 Å². The lowest BCUT2D eigenvalue weighted by molar-refractivity contribution is 0.100. The normalized spacial score (nSPS) is 15.1. The molecular weight excluding hydrogens is 214 g/mol. The van der Waals surface area contributed by atoms with Crippen LogP contribution in [0.4, 0.5) is 5.69 Å². The zero-order valence-corrected chi connectivity index (χ0v) is 8.91. The Morgan fingerprint density at radius 3 is 2.73 bits per heavy atom. The van der Waals surface area contributed by atoms with Crippen molar-refractivity contribution in [1.29, 1.82) is 0 Å². The van der Waals surface area contributed by atoms with E-state index in [-0.39, 0.29) is 17.1 Å². The van der Waals surface area contributed by atoms with Gasteiger partial charge in [0.05, 0.1) is 10.6 Å². The van der Waals surface area contributed by atoms with Gasteiger partial charge in [-0.1, -0.05) is 0 Å². The molecule has 0 saturated carbocycles. The highest BCUT2D eigenvalue weighted by atomic mass is 32.2. The molecule has 1 aliphatic heterocycles. The second-order valence-electron chi connectivity index (χ2n) is 3.39. The predicted octanol–water partition coefficient (Wildman–Crippen LogP) is 1.38. The van der Waals surface area contributed by atoms with Crippen LogP contribution >= 0.6 is 0 Å². The van der Waals surface area contributed by atoms with Crippen LogP contribution in [0.2, 0.25) is 0 Å². The van der Waals surface area contributed by atoms with E-state index in [1.54, 1.807) is 6.07 Å². The molecule has 0 amide bonds. The number of carbonyl (C=O) groups excluding carboxylic acids is 1. The number of ketones is 1. The molecule has 0 bridgehead atoms. The summed E-state index contributed by atoms with van der Waals surface area (Å²) in [5.41, 5.74) is 0.930. The van der Waals surface area contributed by atoms with E-state index in [0.717, 1.165) is 6.26 Å². The third-order valence-corrected chi connectivity index (χ3v) is 3.31. The second-order valence-corrected chi connectivity index (χ2v) is 5.41. The molecule has 0 aliphatic carbocycles. The van der Waals surface area contributed by atoms with Gasteiger partial charge in [-0.2, -0.15) is 0 Å². The number of nitrogens with zero attached hydrogens (tertiary/aromatic N) is 1. The first-order valence-corrected chi connectivity index (χ1v) is 6.27. The number of hydrogen-bond acceptors (Lipinski definition) is 4. The molecular formula is C10H9NO3S. The molecule has 0 saturated heterocycles. The second kappa shape index (κ2) is 3.27. The van der Waals surface area contributed by atoms with Gasteiger partial charge in [0.25, 0.3) is 0 Å². The molecule has 0 spiro atoms. The van der Waals surface area contributed by atoms with Crippen molar-refractivity contribution in [3.05, 3.63) is 23.8 Å². The lowest BCUT2D eigenvalue weighted by Crippen LogP contribution is -2.06. The van der Waals surface area contributed by atoms with Crippen molar-refractivity contribution in [1.82, 2.24) is 0 Å². The Morgan fingerprint density at radius 2 is 2.07 bits per heavy atom. The fraction of sp³-hybridized carbons (Fsp3) is 0.200. The standard InChI is InChI=1S/C10H9NO3S/c1-15(13,14)7-2-3-9-8(6-7)10(12)4-5-11-9/h2-3,5-6H,4H2,1H3. The Hall–Kier alpha value is -1.49. The SMILES string of the molecule is CS(=O)(=O)c1ccc2c(c1)C(=O)CC=N2. The topological polar surface area (TPSA) is 63.6 Å². The minimum Gasteiger partial charge on any atom is -0.294 e. The van der Waals surface area contributed by atoms with Crippen molar-refractivity contribution in [2.24, 2.45) is 4.99 Å². The Morgan fingerprint density at radius 1 is 1.33 bits per heavy atom. The van der Waals surface area contributed by atoms with Gasteiger partial charge in [-0.3, -0.25) is 9.79 Å². The van der Waals surface area contributed by atoms with E-state index < -0.39 is 9.84 Å². The molecule has 0 radical (unpaired) electrons. The smallest absolute Gasteiger partial charge is 0.175 e. The molecule has 1 aromatic carbocycles. The maximum absolute atomic E-state index is 11.5. The van der Waals surface area contributed by atoms with E-state index in [1.807, 2.05) is 0 Å². The highest BCUT2D eigenvalue weighted by molar-refractivity contribution is 7.90. The van der Waals surface area contributed by atoms with Crippen LogP contribution in [0.1, 0.15) is 16.8 Å². The first-order chi connectivity index (χ1) is 6.98. The van der Waals surface area contributed by atoms with Gasteiger partial charge in [-0.15, -0.1) is 0 Å². The number of carbonyl (C=O) groups is 1. The van der Waals surface area contributed by atoms with Gasteiger partial charge in [0.15, 0.2) is 15.6 Å². The van der Waals surface area contributed by atoms with Gasteiger partial charge in [0, 0.05) is 24.5 Å². The predicted molar refractivity (Wildman–Crippen MR) is 56.7 cm³/mol. The number of aliphatic imine (C=N–C) groups is 1. The summed E-state index contributed by atoms with van der Waals surface area (Å²) in [6, 6.07) is 4.41. The average molecular weight is 223 g/mol. The Labute approximate surface area is 87.6 Å². The van der Waals surface area contributed by atoms with E-state index in [9.17, 15) is 13.2 Å². The molecule has 5 heteroatoms. The van der Waals surface area contributed by atoms with E-state index in [0.29, 0.717) is 11.3 Å². The van der Waals surface area contributed by atoms with Crippen LogP contribution in [0.5, 0.6) is 0 Å². The summed E-state index contributed by atoms with van der Waals surface area (Å²) in [5, 5.41) is 0. The Bertz CT molecular complexity index is 558. The average Bonchev–Trinajstić information content (AvgIpc) is 2.16. The van der Waals surface area contributed by atoms with Crippen LogP contribution in [0.25, 0.3) is 0 Å². The molecule has 2 rings (SSSR count). The molecule has 78 valence electrons. The molecule has 0 N–H and O–H groups in total. The van der Waals surface area contributed by atoms with Crippen molar-refractivity contribution >= 4 is 27.5 Å². The van der Waals surface area contributed by atoms with Gasteiger partial charge in [-0.05, 0) is 18.2 Å². The molecule has 1 heterocycles. The van der Waals surface area contributed by atoms with Gasteiger partial charge >= 0.3 is 0 Å². The van der Waals surface area contributed by atoms with Crippen LogP contribution < -0.4 is 0 Å². The molecule has 0 atom stereocenters. The third-order valence-electron chi connectivity index (χ3n) is 2.20. The molecule has 1 aromatic rings. The highest BCUT2D eigenvalue weighted by Crippen LogP contribution is 2.26. The molecule has 1 aliphatic rings. The van der Waals surface area contributed by atoms with Gasteiger partial charge < -0.3 is 0 Å². The maximum Gasteiger partial charge on any atom is 0.175 e. The van der Waals surface area contributed by atoms with E-state index in [2.05, 4.69) is 4.99 Å². The van der Waals surface area contributed by atoms with Gasteiger partial charge in [0.2, 0.25) is 0 Å². The van der Waals surface area contributed by atoms with E-state index in [4.69, 9.17) is 0 Å². The van der Waals surface area contributed by atoms with Gasteiger partial charge in [-0.25, -0.2) is 8.42 Å².